The molecular formula is C17H20N2O2. The Hall–Kier alpha value is -2.49. The van der Waals surface area contributed by atoms with Crippen LogP contribution in [0.25, 0.3) is 0 Å². The summed E-state index contributed by atoms with van der Waals surface area (Å²) in [5.74, 6) is 0.537. The SMILES string of the molecule is CCN(C(=O)c1ccc(OC)cc1N)c1ccccc1C. The highest BCUT2D eigenvalue weighted by Gasteiger charge is 2.19. The molecule has 21 heavy (non-hydrogen) atoms. The fourth-order valence-electron chi connectivity index (χ4n) is 2.30. The van der Waals surface area contributed by atoms with E-state index in [-0.39, 0.29) is 5.91 Å². The molecular weight excluding hydrogens is 264 g/mol. The molecule has 0 radical (unpaired) electrons. The van der Waals surface area contributed by atoms with Crippen molar-refractivity contribution in [2.45, 2.75) is 13.8 Å². The third kappa shape index (κ3) is 2.99. The minimum absolute atomic E-state index is 0.105. The zero-order chi connectivity index (χ0) is 15.4. The first-order chi connectivity index (χ1) is 10.1. The highest BCUT2D eigenvalue weighted by molar-refractivity contribution is 6.09. The number of carbonyl (C=O) groups excluding carboxylic acids is 1. The van der Waals surface area contributed by atoms with Crippen LogP contribution in [0, 0.1) is 6.92 Å². The number of carbonyl (C=O) groups is 1. The average molecular weight is 284 g/mol. The van der Waals surface area contributed by atoms with Crippen LogP contribution in [0.4, 0.5) is 11.4 Å². The molecule has 2 aromatic carbocycles. The summed E-state index contributed by atoms with van der Waals surface area (Å²) in [5, 5.41) is 0. The van der Waals surface area contributed by atoms with E-state index in [0.29, 0.717) is 23.5 Å². The van der Waals surface area contributed by atoms with Crippen molar-refractivity contribution in [1.29, 1.82) is 0 Å². The van der Waals surface area contributed by atoms with Crippen LogP contribution >= 0.6 is 0 Å². The minimum Gasteiger partial charge on any atom is -0.497 e. The number of aryl methyl sites for hydroxylation is 1. The molecule has 0 aliphatic heterocycles. The van der Waals surface area contributed by atoms with E-state index >= 15 is 0 Å². The van der Waals surface area contributed by atoms with Crippen LogP contribution in [0.15, 0.2) is 42.5 Å². The summed E-state index contributed by atoms with van der Waals surface area (Å²) >= 11 is 0. The van der Waals surface area contributed by atoms with Gasteiger partial charge in [0.1, 0.15) is 5.75 Å². The Bertz CT molecular complexity index is 653. The molecule has 0 aliphatic rings. The second-order valence-electron chi connectivity index (χ2n) is 4.79. The van der Waals surface area contributed by atoms with Gasteiger partial charge in [-0.2, -0.15) is 0 Å². The largest absolute Gasteiger partial charge is 0.497 e. The molecule has 2 N–H and O–H groups in total. The number of nitrogen functional groups attached to an aromatic ring is 1. The standard InChI is InChI=1S/C17H20N2O2/c1-4-19(16-8-6-5-7-12(16)2)17(20)14-10-9-13(21-3)11-15(14)18/h5-11H,4,18H2,1-3H3. The predicted octanol–water partition coefficient (Wildman–Crippen LogP) is 3.25. The third-order valence-corrected chi connectivity index (χ3v) is 3.46. The smallest absolute Gasteiger partial charge is 0.260 e. The van der Waals surface area contributed by atoms with Crippen LogP contribution < -0.4 is 15.4 Å². The molecule has 0 atom stereocenters. The Balaban J connectivity index is 2.39. The van der Waals surface area contributed by atoms with Crippen molar-refractivity contribution in [3.63, 3.8) is 0 Å². The first-order valence-electron chi connectivity index (χ1n) is 6.89. The van der Waals surface area contributed by atoms with E-state index in [1.165, 1.54) is 0 Å². The van der Waals surface area contributed by atoms with E-state index in [9.17, 15) is 4.79 Å². The molecule has 0 unspecified atom stereocenters. The lowest BCUT2D eigenvalue weighted by molar-refractivity contribution is 0.0989. The maximum atomic E-state index is 12.8. The molecule has 4 nitrogen and oxygen atoms in total. The summed E-state index contributed by atoms with van der Waals surface area (Å²) in [7, 11) is 1.57. The van der Waals surface area contributed by atoms with E-state index in [4.69, 9.17) is 10.5 Å². The molecule has 0 heterocycles. The zero-order valence-corrected chi connectivity index (χ0v) is 12.6. The summed E-state index contributed by atoms with van der Waals surface area (Å²) in [6.45, 7) is 4.52. The number of nitrogens with zero attached hydrogens (tertiary/aromatic N) is 1. The van der Waals surface area contributed by atoms with Gasteiger partial charge in [-0.25, -0.2) is 0 Å². The van der Waals surface area contributed by atoms with Gasteiger partial charge in [-0.05, 0) is 37.6 Å². The number of methoxy groups -OCH3 is 1. The number of ether oxygens (including phenoxy) is 1. The van der Waals surface area contributed by atoms with Gasteiger partial charge in [0.2, 0.25) is 0 Å². The molecule has 0 bridgehead atoms. The van der Waals surface area contributed by atoms with E-state index in [1.54, 1.807) is 30.2 Å². The van der Waals surface area contributed by atoms with Crippen LogP contribution in [0.5, 0.6) is 5.75 Å². The van der Waals surface area contributed by atoms with Crippen LogP contribution in [0.2, 0.25) is 0 Å². The molecule has 2 rings (SSSR count). The number of anilines is 2. The molecule has 2 aromatic rings. The summed E-state index contributed by atoms with van der Waals surface area (Å²) in [5.41, 5.74) is 8.85. The van der Waals surface area contributed by atoms with Gasteiger partial charge in [0.15, 0.2) is 0 Å². The number of benzene rings is 2. The van der Waals surface area contributed by atoms with E-state index in [0.717, 1.165) is 11.3 Å². The lowest BCUT2D eigenvalue weighted by Crippen LogP contribution is -2.31. The number of hydrogen-bond donors (Lipinski definition) is 1. The molecule has 0 saturated carbocycles. The molecule has 110 valence electrons. The second-order valence-corrected chi connectivity index (χ2v) is 4.79. The second kappa shape index (κ2) is 6.31. The molecule has 0 aromatic heterocycles. The number of amides is 1. The van der Waals surface area contributed by atoms with Crippen molar-refractivity contribution in [2.75, 3.05) is 24.3 Å². The Morgan fingerprint density at radius 3 is 2.52 bits per heavy atom. The fraction of sp³-hybridized carbons (Fsp3) is 0.235. The van der Waals surface area contributed by atoms with Crippen molar-refractivity contribution in [1.82, 2.24) is 0 Å². The maximum Gasteiger partial charge on any atom is 0.260 e. The molecule has 1 amide bonds. The number of para-hydroxylation sites is 1. The topological polar surface area (TPSA) is 55.6 Å². The van der Waals surface area contributed by atoms with Crippen LogP contribution in [-0.2, 0) is 0 Å². The Morgan fingerprint density at radius 2 is 1.95 bits per heavy atom. The third-order valence-electron chi connectivity index (χ3n) is 3.46. The Labute approximate surface area is 125 Å². The summed E-state index contributed by atoms with van der Waals surface area (Å²) < 4.78 is 5.12. The van der Waals surface area contributed by atoms with Crippen LogP contribution in [0.1, 0.15) is 22.8 Å². The summed E-state index contributed by atoms with van der Waals surface area (Å²) in [6, 6.07) is 12.9. The van der Waals surface area contributed by atoms with Crippen molar-refractivity contribution < 1.29 is 9.53 Å². The van der Waals surface area contributed by atoms with Gasteiger partial charge < -0.3 is 15.4 Å². The number of rotatable bonds is 4. The number of nitrogens with two attached hydrogens (primary N) is 1. The van der Waals surface area contributed by atoms with Crippen molar-refractivity contribution >= 4 is 17.3 Å². The Morgan fingerprint density at radius 1 is 1.24 bits per heavy atom. The summed E-state index contributed by atoms with van der Waals surface area (Å²) in [6.07, 6.45) is 0. The van der Waals surface area contributed by atoms with Gasteiger partial charge >= 0.3 is 0 Å². The van der Waals surface area contributed by atoms with Gasteiger partial charge in [0, 0.05) is 24.0 Å². The first kappa shape index (κ1) is 14.9. The minimum atomic E-state index is -0.105. The van der Waals surface area contributed by atoms with Crippen LogP contribution in [-0.4, -0.2) is 19.6 Å². The molecule has 0 aliphatic carbocycles. The first-order valence-corrected chi connectivity index (χ1v) is 6.89. The van der Waals surface area contributed by atoms with Crippen molar-refractivity contribution in [3.05, 3.63) is 53.6 Å². The van der Waals surface area contributed by atoms with E-state index in [2.05, 4.69) is 0 Å². The van der Waals surface area contributed by atoms with Crippen molar-refractivity contribution in [3.8, 4) is 5.75 Å². The molecule has 0 saturated heterocycles. The van der Waals surface area contributed by atoms with Gasteiger partial charge in [-0.15, -0.1) is 0 Å². The average Bonchev–Trinajstić information content (AvgIpc) is 2.49. The van der Waals surface area contributed by atoms with Crippen LogP contribution in [0.3, 0.4) is 0 Å². The zero-order valence-electron chi connectivity index (χ0n) is 12.6. The number of hydrogen-bond acceptors (Lipinski definition) is 3. The predicted molar refractivity (Wildman–Crippen MR) is 85.9 cm³/mol. The van der Waals surface area contributed by atoms with Gasteiger partial charge in [-0.1, -0.05) is 18.2 Å². The Kier molecular flexibility index (Phi) is 4.48. The summed E-state index contributed by atoms with van der Waals surface area (Å²) in [4.78, 5) is 14.5. The molecule has 0 spiro atoms. The van der Waals surface area contributed by atoms with E-state index in [1.807, 2.05) is 38.1 Å². The van der Waals surface area contributed by atoms with E-state index < -0.39 is 0 Å². The maximum absolute atomic E-state index is 12.8. The molecule has 0 fully saturated rings. The highest BCUT2D eigenvalue weighted by atomic mass is 16.5. The normalized spacial score (nSPS) is 10.2. The quantitative estimate of drug-likeness (QED) is 0.877. The highest BCUT2D eigenvalue weighted by Crippen LogP contribution is 2.25. The lowest BCUT2D eigenvalue weighted by atomic mass is 10.1. The van der Waals surface area contributed by atoms with Gasteiger partial charge in [-0.3, -0.25) is 4.79 Å². The fourth-order valence-corrected chi connectivity index (χ4v) is 2.30. The lowest BCUT2D eigenvalue weighted by Gasteiger charge is -2.23. The molecule has 4 heteroatoms. The monoisotopic (exact) mass is 284 g/mol. The van der Waals surface area contributed by atoms with Gasteiger partial charge in [0.25, 0.3) is 5.91 Å². The van der Waals surface area contributed by atoms with Crippen molar-refractivity contribution in [2.24, 2.45) is 0 Å². The van der Waals surface area contributed by atoms with Gasteiger partial charge in [0.05, 0.1) is 12.7 Å².